The highest BCUT2D eigenvalue weighted by molar-refractivity contribution is 8.05. The Bertz CT molecular complexity index is 1260. The lowest BCUT2D eigenvalue weighted by molar-refractivity contribution is -0.116. The fraction of sp³-hybridized carbons (Fsp3) is 0.207. The van der Waals surface area contributed by atoms with E-state index in [1.54, 1.807) is 25.3 Å². The van der Waals surface area contributed by atoms with Crippen molar-refractivity contribution in [1.29, 1.82) is 0 Å². The van der Waals surface area contributed by atoms with Gasteiger partial charge in [-0.05, 0) is 72.0 Å². The van der Waals surface area contributed by atoms with Crippen molar-refractivity contribution in [3.63, 3.8) is 0 Å². The summed E-state index contributed by atoms with van der Waals surface area (Å²) in [5.74, 6) is 0.727. The molecule has 1 atom stereocenters. The van der Waals surface area contributed by atoms with E-state index in [1.165, 1.54) is 29.5 Å². The van der Waals surface area contributed by atoms with Crippen LogP contribution in [0.15, 0.2) is 78.2 Å². The molecule has 1 aliphatic rings. The molecule has 4 rings (SSSR count). The summed E-state index contributed by atoms with van der Waals surface area (Å²) in [5, 5.41) is 6.32. The Balaban J connectivity index is 1.52. The maximum Gasteiger partial charge on any atom is 0.260 e. The molecule has 1 saturated heterocycles. The number of carbonyl (C=O) groups excluding carboxylic acids is 1. The predicted molar refractivity (Wildman–Crippen MR) is 145 cm³/mol. The fourth-order valence-electron chi connectivity index (χ4n) is 3.83. The van der Waals surface area contributed by atoms with Crippen LogP contribution in [0.3, 0.4) is 0 Å². The average Bonchev–Trinajstić information content (AvgIpc) is 3.22. The lowest BCUT2D eigenvalue weighted by atomic mass is 10.0. The summed E-state index contributed by atoms with van der Waals surface area (Å²) in [6.07, 6.45) is 5.18. The number of ether oxygens (including phenoxy) is 2. The molecule has 3 aromatic rings. The van der Waals surface area contributed by atoms with Crippen LogP contribution >= 0.6 is 11.8 Å². The topological polar surface area (TPSA) is 59.6 Å². The van der Waals surface area contributed by atoms with Crippen LogP contribution in [-0.4, -0.2) is 18.5 Å². The van der Waals surface area contributed by atoms with Crippen molar-refractivity contribution in [2.24, 2.45) is 0 Å². The summed E-state index contributed by atoms with van der Waals surface area (Å²) in [6, 6.07) is 18.2. The number of allylic oxidation sites excluding steroid dienone is 1. The zero-order valence-electron chi connectivity index (χ0n) is 20.3. The summed E-state index contributed by atoms with van der Waals surface area (Å²) in [6.45, 7) is 6.24. The third-order valence-corrected chi connectivity index (χ3v) is 6.75. The number of benzene rings is 3. The molecule has 1 fully saturated rings. The van der Waals surface area contributed by atoms with Crippen molar-refractivity contribution in [2.75, 3.05) is 12.4 Å². The molecule has 1 heterocycles. The number of methoxy groups -OCH3 is 1. The number of nitrogens with one attached hydrogen (secondary N) is 2. The van der Waals surface area contributed by atoms with E-state index in [1.807, 2.05) is 30.3 Å². The molecule has 0 aliphatic carbocycles. The smallest absolute Gasteiger partial charge is 0.260 e. The number of aryl methyl sites for hydroxylation is 1. The molecule has 0 saturated carbocycles. The van der Waals surface area contributed by atoms with Crippen LogP contribution in [0.2, 0.25) is 0 Å². The molecule has 0 radical (unpaired) electrons. The molecule has 0 spiro atoms. The summed E-state index contributed by atoms with van der Waals surface area (Å²) >= 11 is 1.43. The van der Waals surface area contributed by atoms with Gasteiger partial charge in [0.25, 0.3) is 5.91 Å². The van der Waals surface area contributed by atoms with Crippen LogP contribution in [0.4, 0.5) is 10.1 Å². The number of hydrogen-bond acceptors (Lipinski definition) is 5. The summed E-state index contributed by atoms with van der Waals surface area (Å²) < 4.78 is 24.9. The lowest BCUT2D eigenvalue weighted by Crippen LogP contribution is -2.30. The number of hydrogen-bond donors (Lipinski definition) is 2. The van der Waals surface area contributed by atoms with Crippen LogP contribution in [-0.2, 0) is 24.2 Å². The van der Waals surface area contributed by atoms with E-state index in [2.05, 4.69) is 36.3 Å². The van der Waals surface area contributed by atoms with Gasteiger partial charge in [0.15, 0.2) is 17.0 Å². The largest absolute Gasteiger partial charge is 0.493 e. The highest BCUT2D eigenvalue weighted by atomic mass is 32.2. The molecular weight excluding hydrogens is 475 g/mol. The van der Waals surface area contributed by atoms with Gasteiger partial charge in [-0.15, -0.1) is 6.58 Å². The van der Waals surface area contributed by atoms with Gasteiger partial charge in [-0.2, -0.15) is 0 Å². The first-order valence-corrected chi connectivity index (χ1v) is 12.6. The van der Waals surface area contributed by atoms with Crippen LogP contribution in [0.25, 0.3) is 6.08 Å². The highest BCUT2D eigenvalue weighted by Crippen LogP contribution is 2.37. The summed E-state index contributed by atoms with van der Waals surface area (Å²) in [5.41, 5.74) is 4.50. The Morgan fingerprint density at radius 2 is 1.83 bits per heavy atom. The van der Waals surface area contributed by atoms with Gasteiger partial charge in [0, 0.05) is 11.3 Å². The lowest BCUT2D eigenvalue weighted by Gasteiger charge is -2.16. The van der Waals surface area contributed by atoms with Crippen LogP contribution < -0.4 is 20.1 Å². The molecule has 2 N–H and O–H groups in total. The number of rotatable bonds is 10. The van der Waals surface area contributed by atoms with Gasteiger partial charge in [-0.3, -0.25) is 4.79 Å². The number of anilines is 1. The first-order chi connectivity index (χ1) is 17.5. The number of amides is 1. The molecule has 1 amide bonds. The molecule has 1 aliphatic heterocycles. The minimum Gasteiger partial charge on any atom is -0.493 e. The average molecular weight is 505 g/mol. The van der Waals surface area contributed by atoms with E-state index < -0.39 is 0 Å². The van der Waals surface area contributed by atoms with Crippen molar-refractivity contribution in [3.8, 4) is 11.5 Å². The first-order valence-electron chi connectivity index (χ1n) is 11.7. The monoisotopic (exact) mass is 504 g/mol. The molecule has 0 aromatic heterocycles. The van der Waals surface area contributed by atoms with Gasteiger partial charge < -0.3 is 20.1 Å². The van der Waals surface area contributed by atoms with E-state index in [0.29, 0.717) is 22.8 Å². The van der Waals surface area contributed by atoms with Crippen LogP contribution in [0, 0.1) is 5.82 Å². The second kappa shape index (κ2) is 11.8. The third kappa shape index (κ3) is 6.29. The molecule has 7 heteroatoms. The Morgan fingerprint density at radius 3 is 2.50 bits per heavy atom. The maximum atomic E-state index is 13.2. The normalized spacial score (nSPS) is 16.0. The zero-order valence-corrected chi connectivity index (χ0v) is 21.2. The molecule has 36 heavy (non-hydrogen) atoms. The molecular formula is C29H29FN2O3S. The molecule has 0 bridgehead atoms. The Labute approximate surface area is 215 Å². The Hall–Kier alpha value is -3.71. The second-order valence-electron chi connectivity index (χ2n) is 8.29. The molecule has 5 nitrogen and oxygen atoms in total. The van der Waals surface area contributed by atoms with Crippen molar-refractivity contribution in [2.45, 2.75) is 31.9 Å². The van der Waals surface area contributed by atoms with E-state index in [0.717, 1.165) is 28.8 Å². The van der Waals surface area contributed by atoms with Crippen LogP contribution in [0.5, 0.6) is 11.5 Å². The van der Waals surface area contributed by atoms with Gasteiger partial charge in [0.05, 0.1) is 12.0 Å². The van der Waals surface area contributed by atoms with E-state index >= 15 is 0 Å². The summed E-state index contributed by atoms with van der Waals surface area (Å²) in [7, 11) is 1.58. The van der Waals surface area contributed by atoms with E-state index in [-0.39, 0.29) is 23.8 Å². The fourth-order valence-corrected chi connectivity index (χ4v) is 4.82. The Kier molecular flexibility index (Phi) is 8.33. The number of thioether (sulfide) groups is 1. The quantitative estimate of drug-likeness (QED) is 0.251. The third-order valence-electron chi connectivity index (χ3n) is 5.72. The van der Waals surface area contributed by atoms with Gasteiger partial charge in [-0.1, -0.05) is 49.0 Å². The highest BCUT2D eigenvalue weighted by Gasteiger charge is 2.27. The van der Waals surface area contributed by atoms with Gasteiger partial charge >= 0.3 is 0 Å². The second-order valence-corrected chi connectivity index (χ2v) is 9.44. The van der Waals surface area contributed by atoms with Gasteiger partial charge in [-0.25, -0.2) is 4.39 Å². The van der Waals surface area contributed by atoms with E-state index in [9.17, 15) is 9.18 Å². The van der Waals surface area contributed by atoms with Crippen molar-refractivity contribution in [3.05, 3.63) is 106 Å². The van der Waals surface area contributed by atoms with Crippen LogP contribution in [0.1, 0.15) is 29.2 Å². The number of carbonyl (C=O) groups is 1. The first kappa shape index (κ1) is 25.4. The standard InChI is InChI=1S/C29H29FN2O3S/c1-4-6-22-15-21(16-25(34-3)27(22)35-18-20-7-11-23(30)12-8-20)17-26-28(33)32-29(36-26)31-24-13-9-19(5-2)10-14-24/h4,7-17,29,31H,1,5-6,18H2,2-3H3,(H,32,33)/b26-17-/t29-/m1/s1. The maximum absolute atomic E-state index is 13.2. The SMILES string of the molecule is C=CCc1cc(/C=C2\S[C@H](Nc3ccc(CC)cc3)NC2=O)cc(OC)c1OCc1ccc(F)cc1. The van der Waals surface area contributed by atoms with Gasteiger partial charge in [0.1, 0.15) is 12.4 Å². The Morgan fingerprint density at radius 1 is 1.11 bits per heavy atom. The predicted octanol–water partition coefficient (Wildman–Crippen LogP) is 6.30. The number of halogens is 1. The minimum atomic E-state index is -0.290. The molecule has 0 unspecified atom stereocenters. The zero-order chi connectivity index (χ0) is 25.5. The van der Waals surface area contributed by atoms with Crippen molar-refractivity contribution < 1.29 is 18.7 Å². The minimum absolute atomic E-state index is 0.136. The van der Waals surface area contributed by atoms with E-state index in [4.69, 9.17) is 9.47 Å². The summed E-state index contributed by atoms with van der Waals surface area (Å²) in [4.78, 5) is 13.3. The van der Waals surface area contributed by atoms with Crippen molar-refractivity contribution >= 4 is 29.4 Å². The van der Waals surface area contributed by atoms with Crippen molar-refractivity contribution in [1.82, 2.24) is 5.32 Å². The molecule has 3 aromatic carbocycles. The molecule has 186 valence electrons. The van der Waals surface area contributed by atoms with Gasteiger partial charge in [0.2, 0.25) is 0 Å².